The molecule has 1 aliphatic heterocycles. The Hall–Kier alpha value is -2.63. The highest BCUT2D eigenvalue weighted by Crippen LogP contribution is 2.23. The Kier molecular flexibility index (Phi) is 7.11. The first-order chi connectivity index (χ1) is 15.0. The Labute approximate surface area is 185 Å². The molecule has 1 aliphatic rings. The van der Waals surface area contributed by atoms with Crippen molar-refractivity contribution in [2.75, 3.05) is 40.3 Å². The van der Waals surface area contributed by atoms with E-state index in [0.717, 1.165) is 9.87 Å². The van der Waals surface area contributed by atoms with Crippen LogP contribution < -0.4 is 4.74 Å². The van der Waals surface area contributed by atoms with E-state index in [2.05, 4.69) is 9.64 Å². The molecule has 3 rings (SSSR count). The predicted octanol–water partition coefficient (Wildman–Crippen LogP) is 2.79. The van der Waals surface area contributed by atoms with Crippen molar-refractivity contribution >= 4 is 15.9 Å². The summed E-state index contributed by atoms with van der Waals surface area (Å²) in [5.41, 5.74) is 1.14. The Balaban J connectivity index is 1.57. The highest BCUT2D eigenvalue weighted by molar-refractivity contribution is 7.89. The van der Waals surface area contributed by atoms with Crippen LogP contribution in [0.4, 0.5) is 13.2 Å². The van der Waals surface area contributed by atoms with E-state index in [1.807, 2.05) is 0 Å². The van der Waals surface area contributed by atoms with E-state index in [1.54, 1.807) is 29.2 Å². The van der Waals surface area contributed by atoms with Gasteiger partial charge in [0, 0.05) is 52.4 Å². The molecule has 1 saturated heterocycles. The van der Waals surface area contributed by atoms with Crippen LogP contribution >= 0.6 is 0 Å². The van der Waals surface area contributed by atoms with Crippen LogP contribution in [-0.2, 0) is 16.6 Å². The first-order valence-electron chi connectivity index (χ1n) is 9.84. The number of benzene rings is 2. The summed E-state index contributed by atoms with van der Waals surface area (Å²) in [7, 11) is -0.776. The molecule has 0 bridgehead atoms. The van der Waals surface area contributed by atoms with E-state index < -0.39 is 16.4 Å². The van der Waals surface area contributed by atoms with Gasteiger partial charge in [0.1, 0.15) is 5.75 Å². The number of amides is 1. The van der Waals surface area contributed by atoms with Crippen LogP contribution in [-0.4, -0.2) is 75.1 Å². The number of piperazine rings is 1. The molecule has 0 radical (unpaired) electrons. The lowest BCUT2D eigenvalue weighted by Gasteiger charge is -2.35. The van der Waals surface area contributed by atoms with E-state index >= 15 is 0 Å². The Morgan fingerprint density at radius 2 is 1.66 bits per heavy atom. The van der Waals surface area contributed by atoms with Crippen LogP contribution in [0.3, 0.4) is 0 Å². The summed E-state index contributed by atoms with van der Waals surface area (Å²) >= 11 is 0. The monoisotopic (exact) mass is 471 g/mol. The van der Waals surface area contributed by atoms with E-state index in [-0.39, 0.29) is 16.6 Å². The molecule has 0 atom stereocenters. The van der Waals surface area contributed by atoms with Crippen molar-refractivity contribution in [2.24, 2.45) is 0 Å². The molecule has 2 aromatic carbocycles. The number of rotatable bonds is 6. The van der Waals surface area contributed by atoms with Crippen LogP contribution in [0.25, 0.3) is 0 Å². The molecule has 2 aromatic rings. The quantitative estimate of drug-likeness (QED) is 0.648. The van der Waals surface area contributed by atoms with Crippen molar-refractivity contribution in [1.82, 2.24) is 14.1 Å². The fraction of sp³-hybridized carbons (Fsp3) is 0.381. The number of hydrogen-bond acceptors (Lipinski definition) is 5. The van der Waals surface area contributed by atoms with Gasteiger partial charge in [0.15, 0.2) is 0 Å². The molecule has 174 valence electrons. The van der Waals surface area contributed by atoms with Crippen molar-refractivity contribution in [2.45, 2.75) is 17.8 Å². The standard InChI is InChI=1S/C21H24F3N3O4S/c1-25(2)32(29,30)19-5-3-4-17(14-19)20(28)27-12-10-26(11-13-27)15-16-6-8-18(9-7-16)31-21(22,23)24/h3-9,14H,10-13,15H2,1-2H3. The summed E-state index contributed by atoms with van der Waals surface area (Å²) in [4.78, 5) is 16.7. The second-order valence-electron chi connectivity index (χ2n) is 7.58. The van der Waals surface area contributed by atoms with Gasteiger partial charge < -0.3 is 9.64 Å². The van der Waals surface area contributed by atoms with Crippen LogP contribution in [0.5, 0.6) is 5.75 Å². The molecular formula is C21H24F3N3O4S. The van der Waals surface area contributed by atoms with Crippen molar-refractivity contribution < 1.29 is 31.1 Å². The number of sulfonamides is 1. The molecule has 1 amide bonds. The summed E-state index contributed by atoms with van der Waals surface area (Å²) in [6.07, 6.45) is -4.72. The number of halogens is 3. The minimum Gasteiger partial charge on any atom is -0.406 e. The van der Waals surface area contributed by atoms with Gasteiger partial charge in [0.2, 0.25) is 10.0 Å². The van der Waals surface area contributed by atoms with Gasteiger partial charge in [-0.25, -0.2) is 12.7 Å². The minimum absolute atomic E-state index is 0.0601. The van der Waals surface area contributed by atoms with E-state index in [4.69, 9.17) is 0 Å². The smallest absolute Gasteiger partial charge is 0.406 e. The average Bonchev–Trinajstić information content (AvgIpc) is 2.74. The zero-order valence-corrected chi connectivity index (χ0v) is 18.5. The first-order valence-corrected chi connectivity index (χ1v) is 11.3. The SMILES string of the molecule is CN(C)S(=O)(=O)c1cccc(C(=O)N2CCN(Cc3ccc(OC(F)(F)F)cc3)CC2)c1. The highest BCUT2D eigenvalue weighted by atomic mass is 32.2. The zero-order chi connectivity index (χ0) is 23.5. The Bertz CT molecular complexity index is 1050. The predicted molar refractivity (Wildman–Crippen MR) is 112 cm³/mol. The zero-order valence-electron chi connectivity index (χ0n) is 17.7. The first kappa shape index (κ1) is 24.0. The van der Waals surface area contributed by atoms with Gasteiger partial charge in [0.25, 0.3) is 5.91 Å². The lowest BCUT2D eigenvalue weighted by molar-refractivity contribution is -0.274. The number of carbonyl (C=O) groups excluding carboxylic acids is 1. The maximum atomic E-state index is 12.9. The average molecular weight is 472 g/mol. The van der Waals surface area contributed by atoms with Crippen molar-refractivity contribution in [1.29, 1.82) is 0 Å². The molecule has 1 heterocycles. The maximum absolute atomic E-state index is 12.9. The van der Waals surface area contributed by atoms with Crippen molar-refractivity contribution in [3.63, 3.8) is 0 Å². The van der Waals surface area contributed by atoms with Gasteiger partial charge in [0.05, 0.1) is 4.90 Å². The highest BCUT2D eigenvalue weighted by Gasteiger charge is 2.31. The molecule has 0 N–H and O–H groups in total. The normalized spacial score (nSPS) is 15.8. The third-order valence-corrected chi connectivity index (χ3v) is 6.89. The number of hydrogen-bond donors (Lipinski definition) is 0. The summed E-state index contributed by atoms with van der Waals surface area (Å²) < 4.78 is 66.4. The third kappa shape index (κ3) is 5.99. The number of ether oxygens (including phenoxy) is 1. The molecule has 0 saturated carbocycles. The Morgan fingerprint density at radius 1 is 1.03 bits per heavy atom. The van der Waals surface area contributed by atoms with Gasteiger partial charge in [-0.1, -0.05) is 18.2 Å². The second kappa shape index (κ2) is 9.47. The summed E-state index contributed by atoms with van der Waals surface area (Å²) in [6.45, 7) is 2.62. The minimum atomic E-state index is -4.72. The number of carbonyl (C=O) groups is 1. The largest absolute Gasteiger partial charge is 0.573 e. The van der Waals surface area contributed by atoms with Gasteiger partial charge in [-0.05, 0) is 35.9 Å². The van der Waals surface area contributed by atoms with Gasteiger partial charge >= 0.3 is 6.36 Å². The number of alkyl halides is 3. The third-order valence-electron chi connectivity index (χ3n) is 5.08. The summed E-state index contributed by atoms with van der Waals surface area (Å²) in [5, 5.41) is 0. The maximum Gasteiger partial charge on any atom is 0.573 e. The molecular weight excluding hydrogens is 447 g/mol. The van der Waals surface area contributed by atoms with E-state index in [0.29, 0.717) is 38.3 Å². The van der Waals surface area contributed by atoms with E-state index in [1.165, 1.54) is 38.4 Å². The van der Waals surface area contributed by atoms with Crippen LogP contribution in [0.15, 0.2) is 53.4 Å². The van der Waals surface area contributed by atoms with Crippen LogP contribution in [0.2, 0.25) is 0 Å². The summed E-state index contributed by atoms with van der Waals surface area (Å²) in [5.74, 6) is -0.510. The lowest BCUT2D eigenvalue weighted by Crippen LogP contribution is -2.48. The molecule has 0 spiro atoms. The van der Waals surface area contributed by atoms with Gasteiger partial charge in [-0.2, -0.15) is 0 Å². The van der Waals surface area contributed by atoms with Crippen LogP contribution in [0, 0.1) is 0 Å². The topological polar surface area (TPSA) is 70.2 Å². The van der Waals surface area contributed by atoms with Crippen molar-refractivity contribution in [3.05, 3.63) is 59.7 Å². The lowest BCUT2D eigenvalue weighted by atomic mass is 10.1. The molecule has 0 unspecified atom stereocenters. The molecule has 0 aromatic heterocycles. The van der Waals surface area contributed by atoms with Gasteiger partial charge in [-0.3, -0.25) is 9.69 Å². The number of nitrogens with zero attached hydrogens (tertiary/aromatic N) is 3. The fourth-order valence-corrected chi connectivity index (χ4v) is 4.29. The molecule has 32 heavy (non-hydrogen) atoms. The molecule has 0 aliphatic carbocycles. The van der Waals surface area contributed by atoms with E-state index in [9.17, 15) is 26.4 Å². The second-order valence-corrected chi connectivity index (χ2v) is 9.73. The Morgan fingerprint density at radius 3 is 2.22 bits per heavy atom. The molecule has 11 heteroatoms. The molecule has 7 nitrogen and oxygen atoms in total. The van der Waals surface area contributed by atoms with Crippen molar-refractivity contribution in [3.8, 4) is 5.75 Å². The van der Waals surface area contributed by atoms with Gasteiger partial charge in [-0.15, -0.1) is 13.2 Å². The molecule has 1 fully saturated rings. The fourth-order valence-electron chi connectivity index (χ4n) is 3.35. The summed E-state index contributed by atoms with van der Waals surface area (Å²) in [6, 6.07) is 11.7. The van der Waals surface area contributed by atoms with Crippen LogP contribution in [0.1, 0.15) is 15.9 Å².